The Hall–Kier alpha value is -2.07. The number of rotatable bonds is 4. The number of hydrogen-bond acceptors (Lipinski definition) is 7. The summed E-state index contributed by atoms with van der Waals surface area (Å²) in [6.45, 7) is 1.22. The molecule has 152 valence electrons. The predicted octanol–water partition coefficient (Wildman–Crippen LogP) is 4.15. The Balaban J connectivity index is 1.83. The van der Waals surface area contributed by atoms with Crippen LogP contribution in [0, 0.1) is 0 Å². The van der Waals surface area contributed by atoms with Crippen LogP contribution in [0.3, 0.4) is 0 Å². The summed E-state index contributed by atoms with van der Waals surface area (Å²) >= 11 is 14.4. The maximum absolute atomic E-state index is 12.7. The highest BCUT2D eigenvalue weighted by atomic mass is 35.5. The van der Waals surface area contributed by atoms with Crippen molar-refractivity contribution >= 4 is 68.0 Å². The molecule has 1 aliphatic rings. The summed E-state index contributed by atoms with van der Waals surface area (Å²) in [5, 5.41) is 0. The van der Waals surface area contributed by atoms with Crippen molar-refractivity contribution in [1.29, 1.82) is 0 Å². The van der Waals surface area contributed by atoms with E-state index >= 15 is 0 Å². The molecule has 1 aromatic carbocycles. The molecule has 0 saturated heterocycles. The van der Waals surface area contributed by atoms with Gasteiger partial charge in [0.05, 0.1) is 33.6 Å². The van der Waals surface area contributed by atoms with E-state index in [2.05, 4.69) is 4.99 Å². The number of halogens is 2. The van der Waals surface area contributed by atoms with Crippen LogP contribution in [-0.2, 0) is 16.1 Å². The number of thiophene rings is 1. The Morgan fingerprint density at radius 3 is 2.55 bits per heavy atom. The molecule has 3 aromatic rings. The third-order valence-corrected chi connectivity index (χ3v) is 6.73. The molecule has 29 heavy (non-hydrogen) atoms. The molecule has 0 saturated carbocycles. The lowest BCUT2D eigenvalue weighted by atomic mass is 10.2. The first kappa shape index (κ1) is 20.2. The van der Waals surface area contributed by atoms with Gasteiger partial charge in [-0.25, -0.2) is 0 Å². The van der Waals surface area contributed by atoms with Crippen molar-refractivity contribution in [2.24, 2.45) is 4.99 Å². The molecule has 0 spiro atoms. The average Bonchev–Trinajstić information content (AvgIpc) is 3.22. The zero-order chi connectivity index (χ0) is 20.5. The van der Waals surface area contributed by atoms with Crippen LogP contribution in [-0.4, -0.2) is 36.8 Å². The van der Waals surface area contributed by atoms with E-state index in [1.807, 2.05) is 12.1 Å². The first-order valence-electron chi connectivity index (χ1n) is 8.50. The van der Waals surface area contributed by atoms with Gasteiger partial charge >= 0.3 is 5.97 Å². The molecule has 7 nitrogen and oxygen atoms in total. The molecular formula is C18H14Cl2N2O5S2. The van der Waals surface area contributed by atoms with E-state index < -0.39 is 5.91 Å². The van der Waals surface area contributed by atoms with E-state index in [0.29, 0.717) is 33.9 Å². The number of aryl methyl sites for hydroxylation is 1. The number of carbonyl (C=O) groups excluding carboxylic acids is 2. The zero-order valence-corrected chi connectivity index (χ0v) is 18.2. The lowest BCUT2D eigenvalue weighted by Crippen LogP contribution is -2.19. The van der Waals surface area contributed by atoms with Crippen molar-refractivity contribution < 1.29 is 23.8 Å². The molecule has 0 radical (unpaired) electrons. The number of thiazole rings is 1. The van der Waals surface area contributed by atoms with Crippen LogP contribution in [0.5, 0.6) is 11.5 Å². The summed E-state index contributed by atoms with van der Waals surface area (Å²) in [7, 11) is 1.33. The van der Waals surface area contributed by atoms with Crippen LogP contribution in [0.1, 0.15) is 16.8 Å². The monoisotopic (exact) mass is 472 g/mol. The Labute approximate surface area is 183 Å². The van der Waals surface area contributed by atoms with Gasteiger partial charge in [-0.05, 0) is 6.07 Å². The molecule has 0 bridgehead atoms. The van der Waals surface area contributed by atoms with Crippen molar-refractivity contribution in [3.8, 4) is 11.5 Å². The van der Waals surface area contributed by atoms with Gasteiger partial charge in [-0.2, -0.15) is 4.99 Å². The summed E-state index contributed by atoms with van der Waals surface area (Å²) in [6.07, 6.45) is 0.128. The van der Waals surface area contributed by atoms with Crippen molar-refractivity contribution in [1.82, 2.24) is 4.57 Å². The number of ether oxygens (including phenoxy) is 3. The number of methoxy groups -OCH3 is 1. The van der Waals surface area contributed by atoms with Crippen molar-refractivity contribution in [3.05, 3.63) is 37.2 Å². The standard InChI is InChI=1S/C18H14Cl2N2O5S2/c1-25-15(23)2-3-22-10-7-11-12(27-5-4-26-11)8-13(10)28-18(22)21-17(24)9-6-14(19)29-16(9)20/h6-8H,2-5H2,1H3. The molecule has 0 aliphatic carbocycles. The first-order valence-corrected chi connectivity index (χ1v) is 10.9. The second-order valence-electron chi connectivity index (χ2n) is 5.98. The lowest BCUT2D eigenvalue weighted by Gasteiger charge is -2.18. The molecule has 4 rings (SSSR count). The molecule has 3 heterocycles. The highest BCUT2D eigenvalue weighted by Gasteiger charge is 2.19. The normalized spacial score (nSPS) is 13.7. The van der Waals surface area contributed by atoms with E-state index in [0.717, 1.165) is 21.6 Å². The van der Waals surface area contributed by atoms with Crippen LogP contribution >= 0.6 is 45.9 Å². The van der Waals surface area contributed by atoms with Gasteiger partial charge in [0.25, 0.3) is 5.91 Å². The number of amides is 1. The number of hydrogen-bond donors (Lipinski definition) is 0. The van der Waals surface area contributed by atoms with Crippen LogP contribution in [0.25, 0.3) is 10.2 Å². The van der Waals surface area contributed by atoms with Gasteiger partial charge in [-0.1, -0.05) is 34.5 Å². The molecule has 0 atom stereocenters. The highest BCUT2D eigenvalue weighted by Crippen LogP contribution is 2.36. The Morgan fingerprint density at radius 2 is 1.90 bits per heavy atom. The Morgan fingerprint density at radius 1 is 1.17 bits per heavy atom. The maximum atomic E-state index is 12.7. The minimum atomic E-state index is -0.506. The second-order valence-corrected chi connectivity index (χ2v) is 9.28. The van der Waals surface area contributed by atoms with E-state index in [-0.39, 0.29) is 28.8 Å². The highest BCUT2D eigenvalue weighted by molar-refractivity contribution is 7.20. The molecule has 11 heteroatoms. The molecule has 0 N–H and O–H groups in total. The number of esters is 1. The van der Waals surface area contributed by atoms with Gasteiger partial charge in [-0.3, -0.25) is 9.59 Å². The minimum Gasteiger partial charge on any atom is -0.486 e. The van der Waals surface area contributed by atoms with E-state index in [9.17, 15) is 9.59 Å². The number of benzene rings is 1. The zero-order valence-electron chi connectivity index (χ0n) is 15.1. The van der Waals surface area contributed by atoms with Crippen molar-refractivity contribution in [2.45, 2.75) is 13.0 Å². The molecule has 1 aliphatic heterocycles. The quantitative estimate of drug-likeness (QED) is 0.532. The third kappa shape index (κ3) is 4.13. The van der Waals surface area contributed by atoms with Crippen molar-refractivity contribution in [3.63, 3.8) is 0 Å². The van der Waals surface area contributed by atoms with Gasteiger partial charge in [0.1, 0.15) is 17.6 Å². The number of fused-ring (bicyclic) bond motifs is 2. The fourth-order valence-electron chi connectivity index (χ4n) is 2.85. The van der Waals surface area contributed by atoms with Gasteiger partial charge < -0.3 is 18.8 Å². The van der Waals surface area contributed by atoms with Gasteiger partial charge in [0, 0.05) is 18.7 Å². The van der Waals surface area contributed by atoms with Crippen LogP contribution < -0.4 is 14.3 Å². The summed E-state index contributed by atoms with van der Waals surface area (Å²) in [5.41, 5.74) is 1.02. The van der Waals surface area contributed by atoms with Gasteiger partial charge in [0.15, 0.2) is 16.3 Å². The Kier molecular flexibility index (Phi) is 5.82. The maximum Gasteiger partial charge on any atom is 0.307 e. The topological polar surface area (TPSA) is 79.1 Å². The number of aromatic nitrogens is 1. The fraction of sp³-hybridized carbons (Fsp3) is 0.278. The molecule has 1 amide bonds. The van der Waals surface area contributed by atoms with E-state index in [1.54, 1.807) is 4.57 Å². The Bertz CT molecular complexity index is 1180. The fourth-order valence-corrected chi connectivity index (χ4v) is 5.36. The average molecular weight is 473 g/mol. The van der Waals surface area contributed by atoms with Gasteiger partial charge in [0.2, 0.25) is 0 Å². The largest absolute Gasteiger partial charge is 0.486 e. The molecular weight excluding hydrogens is 459 g/mol. The minimum absolute atomic E-state index is 0.128. The summed E-state index contributed by atoms with van der Waals surface area (Å²) in [5.74, 6) is 0.377. The first-order chi connectivity index (χ1) is 14.0. The van der Waals surface area contributed by atoms with Gasteiger partial charge in [-0.15, -0.1) is 11.3 Å². The van der Waals surface area contributed by atoms with E-state index in [4.69, 9.17) is 37.4 Å². The second kappa shape index (κ2) is 8.35. The third-order valence-electron chi connectivity index (χ3n) is 4.20. The summed E-state index contributed by atoms with van der Waals surface area (Å²) < 4.78 is 19.4. The van der Waals surface area contributed by atoms with Crippen LogP contribution in [0.2, 0.25) is 8.67 Å². The van der Waals surface area contributed by atoms with Crippen LogP contribution in [0.4, 0.5) is 0 Å². The summed E-state index contributed by atoms with van der Waals surface area (Å²) in [6, 6.07) is 5.17. The molecule has 0 unspecified atom stereocenters. The van der Waals surface area contributed by atoms with Crippen molar-refractivity contribution in [2.75, 3.05) is 20.3 Å². The predicted molar refractivity (Wildman–Crippen MR) is 112 cm³/mol. The SMILES string of the molecule is COC(=O)CCn1c(=NC(=O)c2cc(Cl)sc2Cl)sc2cc3c(cc21)OCCO3. The molecule has 2 aromatic heterocycles. The van der Waals surface area contributed by atoms with E-state index in [1.165, 1.54) is 24.5 Å². The number of nitrogens with zero attached hydrogens (tertiary/aromatic N) is 2. The summed E-state index contributed by atoms with van der Waals surface area (Å²) in [4.78, 5) is 29.0. The smallest absolute Gasteiger partial charge is 0.307 e. The van der Waals surface area contributed by atoms with Crippen LogP contribution in [0.15, 0.2) is 23.2 Å². The molecule has 0 fully saturated rings. The lowest BCUT2D eigenvalue weighted by molar-refractivity contribution is -0.140. The number of carbonyl (C=O) groups is 2.